The molecule has 0 aliphatic carbocycles. The first-order chi connectivity index (χ1) is 8.66. The molecule has 96 valence electrons. The standard InChI is InChI=1S/C13H15NO4/c15-11-3-1-10(9-12(11)16)2-4-13(17)14-5-7-18-8-6-14/h1-4,9,15-16H,5-8H2/b4-2+. The Balaban J connectivity index is 2.01. The molecule has 1 heterocycles. The molecule has 1 saturated heterocycles. The molecule has 1 aromatic carbocycles. The fourth-order valence-electron chi connectivity index (χ4n) is 1.70. The third-order valence-corrected chi connectivity index (χ3v) is 2.74. The van der Waals surface area contributed by atoms with E-state index in [2.05, 4.69) is 0 Å². The molecule has 0 radical (unpaired) electrons. The SMILES string of the molecule is O=C(/C=C/c1ccc(O)c(O)c1)N1CCOCC1. The van der Waals surface area contributed by atoms with E-state index in [1.807, 2.05) is 0 Å². The van der Waals surface area contributed by atoms with Crippen LogP contribution in [0.5, 0.6) is 11.5 Å². The van der Waals surface area contributed by atoms with Crippen LogP contribution in [0.15, 0.2) is 24.3 Å². The van der Waals surface area contributed by atoms with Crippen molar-refractivity contribution >= 4 is 12.0 Å². The Morgan fingerprint density at radius 1 is 1.22 bits per heavy atom. The molecule has 1 aliphatic heterocycles. The molecule has 1 aromatic rings. The van der Waals surface area contributed by atoms with E-state index in [0.717, 1.165) is 0 Å². The summed E-state index contributed by atoms with van der Waals surface area (Å²) >= 11 is 0. The number of hydrogen-bond donors (Lipinski definition) is 2. The number of phenolic OH excluding ortho intramolecular Hbond substituents is 2. The van der Waals surface area contributed by atoms with E-state index in [9.17, 15) is 9.90 Å². The van der Waals surface area contributed by atoms with Crippen LogP contribution < -0.4 is 0 Å². The molecule has 18 heavy (non-hydrogen) atoms. The number of amides is 1. The Labute approximate surface area is 105 Å². The number of morpholine rings is 1. The molecule has 5 nitrogen and oxygen atoms in total. The summed E-state index contributed by atoms with van der Waals surface area (Å²) in [6, 6.07) is 4.41. The Kier molecular flexibility index (Phi) is 3.84. The van der Waals surface area contributed by atoms with E-state index in [0.29, 0.717) is 31.9 Å². The fourth-order valence-corrected chi connectivity index (χ4v) is 1.70. The van der Waals surface area contributed by atoms with Crippen LogP contribution in [0.1, 0.15) is 5.56 Å². The first kappa shape index (κ1) is 12.4. The summed E-state index contributed by atoms with van der Waals surface area (Å²) in [6.45, 7) is 2.34. The Bertz CT molecular complexity index is 464. The maximum absolute atomic E-state index is 11.8. The van der Waals surface area contributed by atoms with Crippen molar-refractivity contribution in [3.05, 3.63) is 29.8 Å². The van der Waals surface area contributed by atoms with Crippen molar-refractivity contribution in [2.45, 2.75) is 0 Å². The van der Waals surface area contributed by atoms with Gasteiger partial charge in [0.05, 0.1) is 13.2 Å². The summed E-state index contributed by atoms with van der Waals surface area (Å²) in [5.74, 6) is -0.450. The minimum absolute atomic E-state index is 0.0779. The van der Waals surface area contributed by atoms with Gasteiger partial charge in [0.15, 0.2) is 11.5 Å². The molecule has 2 rings (SSSR count). The molecule has 0 saturated carbocycles. The van der Waals surface area contributed by atoms with Gasteiger partial charge in [-0.2, -0.15) is 0 Å². The highest BCUT2D eigenvalue weighted by Gasteiger charge is 2.13. The topological polar surface area (TPSA) is 70.0 Å². The van der Waals surface area contributed by atoms with Crippen LogP contribution in [0.25, 0.3) is 6.08 Å². The van der Waals surface area contributed by atoms with E-state index in [4.69, 9.17) is 9.84 Å². The lowest BCUT2D eigenvalue weighted by atomic mass is 10.2. The van der Waals surface area contributed by atoms with Gasteiger partial charge in [-0.25, -0.2) is 0 Å². The van der Waals surface area contributed by atoms with Crippen molar-refractivity contribution in [3.8, 4) is 11.5 Å². The number of hydrogen-bond acceptors (Lipinski definition) is 4. The van der Waals surface area contributed by atoms with Gasteiger partial charge in [0.25, 0.3) is 0 Å². The summed E-state index contributed by atoms with van der Waals surface area (Å²) < 4.78 is 5.16. The zero-order valence-electron chi connectivity index (χ0n) is 9.87. The fraction of sp³-hybridized carbons (Fsp3) is 0.308. The molecule has 0 unspecified atom stereocenters. The van der Waals surface area contributed by atoms with E-state index < -0.39 is 0 Å². The zero-order valence-corrected chi connectivity index (χ0v) is 9.87. The number of nitrogens with zero attached hydrogens (tertiary/aromatic N) is 1. The quantitative estimate of drug-likeness (QED) is 0.605. The Morgan fingerprint density at radius 2 is 1.94 bits per heavy atom. The highest BCUT2D eigenvalue weighted by atomic mass is 16.5. The van der Waals surface area contributed by atoms with Gasteiger partial charge >= 0.3 is 0 Å². The van der Waals surface area contributed by atoms with Crippen molar-refractivity contribution in [2.75, 3.05) is 26.3 Å². The second kappa shape index (κ2) is 5.55. The second-order valence-corrected chi connectivity index (χ2v) is 4.02. The third kappa shape index (κ3) is 3.01. The van der Waals surface area contributed by atoms with Gasteiger partial charge in [-0.3, -0.25) is 4.79 Å². The van der Waals surface area contributed by atoms with Crippen molar-refractivity contribution in [2.24, 2.45) is 0 Å². The largest absolute Gasteiger partial charge is 0.504 e. The number of carbonyl (C=O) groups is 1. The van der Waals surface area contributed by atoms with E-state index >= 15 is 0 Å². The summed E-state index contributed by atoms with van der Waals surface area (Å²) in [7, 11) is 0. The third-order valence-electron chi connectivity index (χ3n) is 2.74. The first-order valence-corrected chi connectivity index (χ1v) is 5.73. The number of aromatic hydroxyl groups is 2. The molecule has 0 bridgehead atoms. The summed E-state index contributed by atoms with van der Waals surface area (Å²) in [5.41, 5.74) is 0.659. The Morgan fingerprint density at radius 3 is 2.61 bits per heavy atom. The maximum Gasteiger partial charge on any atom is 0.246 e. The van der Waals surface area contributed by atoms with Gasteiger partial charge in [0.1, 0.15) is 0 Å². The average Bonchev–Trinajstić information content (AvgIpc) is 2.41. The minimum Gasteiger partial charge on any atom is -0.504 e. The molecule has 1 amide bonds. The minimum atomic E-state index is -0.198. The number of rotatable bonds is 2. The van der Waals surface area contributed by atoms with Crippen LogP contribution in [0, 0.1) is 0 Å². The average molecular weight is 249 g/mol. The van der Waals surface area contributed by atoms with Gasteiger partial charge in [-0.15, -0.1) is 0 Å². The van der Waals surface area contributed by atoms with Crippen molar-refractivity contribution in [3.63, 3.8) is 0 Å². The smallest absolute Gasteiger partial charge is 0.246 e. The lowest BCUT2D eigenvalue weighted by Crippen LogP contribution is -2.39. The lowest BCUT2D eigenvalue weighted by Gasteiger charge is -2.25. The summed E-state index contributed by atoms with van der Waals surface area (Å²) in [6.07, 6.45) is 3.06. The number of carbonyl (C=O) groups excluding carboxylic acids is 1. The highest BCUT2D eigenvalue weighted by molar-refractivity contribution is 5.91. The van der Waals surface area contributed by atoms with Gasteiger partial charge in [0, 0.05) is 19.2 Å². The molecule has 1 fully saturated rings. The summed E-state index contributed by atoms with van der Waals surface area (Å²) in [5, 5.41) is 18.5. The van der Waals surface area contributed by atoms with Gasteiger partial charge in [-0.05, 0) is 23.8 Å². The van der Waals surface area contributed by atoms with Crippen LogP contribution in [-0.4, -0.2) is 47.3 Å². The molecular weight excluding hydrogens is 234 g/mol. The lowest BCUT2D eigenvalue weighted by molar-refractivity contribution is -0.129. The predicted octanol–water partition coefficient (Wildman–Crippen LogP) is 0.970. The molecule has 0 aromatic heterocycles. The number of benzene rings is 1. The molecule has 0 atom stereocenters. The molecule has 0 spiro atoms. The van der Waals surface area contributed by atoms with E-state index in [-0.39, 0.29) is 17.4 Å². The molecule has 5 heteroatoms. The van der Waals surface area contributed by atoms with Crippen molar-refractivity contribution in [1.29, 1.82) is 0 Å². The van der Waals surface area contributed by atoms with E-state index in [1.165, 1.54) is 18.2 Å². The normalized spacial score (nSPS) is 16.1. The van der Waals surface area contributed by atoms with Crippen LogP contribution in [0.3, 0.4) is 0 Å². The van der Waals surface area contributed by atoms with Gasteiger partial charge < -0.3 is 19.8 Å². The maximum atomic E-state index is 11.8. The van der Waals surface area contributed by atoms with E-state index in [1.54, 1.807) is 17.0 Å². The van der Waals surface area contributed by atoms with Crippen molar-refractivity contribution in [1.82, 2.24) is 4.90 Å². The molecular formula is C13H15NO4. The van der Waals surface area contributed by atoms with Crippen molar-refractivity contribution < 1.29 is 19.7 Å². The predicted molar refractivity (Wildman–Crippen MR) is 66.2 cm³/mol. The summed E-state index contributed by atoms with van der Waals surface area (Å²) in [4.78, 5) is 13.5. The van der Waals surface area contributed by atoms with Gasteiger partial charge in [-0.1, -0.05) is 6.07 Å². The van der Waals surface area contributed by atoms with Crippen LogP contribution in [-0.2, 0) is 9.53 Å². The monoisotopic (exact) mass is 249 g/mol. The number of phenols is 2. The van der Waals surface area contributed by atoms with Crippen LogP contribution in [0.2, 0.25) is 0 Å². The zero-order chi connectivity index (χ0) is 13.0. The molecule has 2 N–H and O–H groups in total. The second-order valence-electron chi connectivity index (χ2n) is 4.02. The van der Waals surface area contributed by atoms with Crippen LogP contribution >= 0.6 is 0 Å². The van der Waals surface area contributed by atoms with Crippen LogP contribution in [0.4, 0.5) is 0 Å². The Hall–Kier alpha value is -2.01. The first-order valence-electron chi connectivity index (χ1n) is 5.73. The highest BCUT2D eigenvalue weighted by Crippen LogP contribution is 2.25. The van der Waals surface area contributed by atoms with Gasteiger partial charge in [0.2, 0.25) is 5.91 Å². The molecule has 1 aliphatic rings. The number of ether oxygens (including phenoxy) is 1.